The smallest absolute Gasteiger partial charge is 0.232 e. The molecule has 0 aromatic heterocycles. The number of amides is 1. The standard InChI is InChI=1S/C24H22NO2P/c1-17-22-16-18-10-8-9-15-21(18)23(22)25(24(17)26)28(27,19-11-4-2-5-12-19)20-13-6-3-7-14-20/h2-15,17,22-23H,16H2,1H3/t17-,22-,23-/m1/s1. The Kier molecular flexibility index (Phi) is 4.03. The molecule has 4 heteroatoms. The van der Waals surface area contributed by atoms with Crippen LogP contribution in [0.25, 0.3) is 0 Å². The van der Waals surface area contributed by atoms with Gasteiger partial charge >= 0.3 is 0 Å². The van der Waals surface area contributed by atoms with E-state index in [2.05, 4.69) is 12.1 Å². The quantitative estimate of drug-likeness (QED) is 0.628. The fraction of sp³-hybridized carbons (Fsp3) is 0.208. The van der Waals surface area contributed by atoms with E-state index in [1.165, 1.54) is 5.56 Å². The lowest BCUT2D eigenvalue weighted by atomic mass is 9.92. The second-order valence-corrected chi connectivity index (χ2v) is 10.3. The van der Waals surface area contributed by atoms with Crippen molar-refractivity contribution in [3.63, 3.8) is 0 Å². The van der Waals surface area contributed by atoms with Crippen molar-refractivity contribution >= 4 is 23.8 Å². The molecule has 3 aromatic carbocycles. The summed E-state index contributed by atoms with van der Waals surface area (Å²) in [5.41, 5.74) is 2.42. The van der Waals surface area contributed by atoms with Gasteiger partial charge in [-0.1, -0.05) is 67.6 Å². The maximum atomic E-state index is 14.8. The molecule has 1 saturated heterocycles. The van der Waals surface area contributed by atoms with Crippen molar-refractivity contribution in [1.82, 2.24) is 4.67 Å². The summed E-state index contributed by atoms with van der Waals surface area (Å²) in [4.78, 5) is 13.5. The molecule has 1 amide bonds. The second-order valence-electron chi connectivity index (χ2n) is 7.73. The molecule has 0 saturated carbocycles. The monoisotopic (exact) mass is 387 g/mol. The predicted octanol–water partition coefficient (Wildman–Crippen LogP) is 4.31. The minimum absolute atomic E-state index is 0.000502. The van der Waals surface area contributed by atoms with Gasteiger partial charge in [-0.3, -0.25) is 14.0 Å². The number of hydrogen-bond acceptors (Lipinski definition) is 2. The van der Waals surface area contributed by atoms with E-state index in [1.54, 1.807) is 4.67 Å². The van der Waals surface area contributed by atoms with Crippen molar-refractivity contribution in [2.24, 2.45) is 11.8 Å². The van der Waals surface area contributed by atoms with Crippen LogP contribution < -0.4 is 10.6 Å². The van der Waals surface area contributed by atoms with Gasteiger partial charge in [0.15, 0.2) is 0 Å². The minimum Gasteiger partial charge on any atom is -0.290 e. The van der Waals surface area contributed by atoms with Gasteiger partial charge in [-0.05, 0) is 47.7 Å². The number of carbonyl (C=O) groups is 1. The molecule has 0 bridgehead atoms. The molecular formula is C24H22NO2P. The van der Waals surface area contributed by atoms with E-state index < -0.39 is 7.29 Å². The van der Waals surface area contributed by atoms with Crippen molar-refractivity contribution in [3.8, 4) is 0 Å². The lowest BCUT2D eigenvalue weighted by Crippen LogP contribution is -2.35. The molecule has 0 spiro atoms. The molecule has 140 valence electrons. The van der Waals surface area contributed by atoms with Gasteiger partial charge in [-0.2, -0.15) is 0 Å². The normalized spacial score (nSPS) is 23.5. The molecule has 3 aromatic rings. The number of rotatable bonds is 3. The third-order valence-corrected chi connectivity index (χ3v) is 9.32. The Balaban J connectivity index is 1.76. The van der Waals surface area contributed by atoms with Crippen LogP contribution in [0.5, 0.6) is 0 Å². The van der Waals surface area contributed by atoms with Crippen LogP contribution >= 0.6 is 7.29 Å². The highest BCUT2D eigenvalue weighted by Gasteiger charge is 2.56. The number of carbonyl (C=O) groups excluding carboxylic acids is 1. The van der Waals surface area contributed by atoms with E-state index in [0.29, 0.717) is 10.6 Å². The van der Waals surface area contributed by atoms with E-state index in [1.807, 2.05) is 79.7 Å². The van der Waals surface area contributed by atoms with Crippen LogP contribution in [0.2, 0.25) is 0 Å². The third-order valence-electron chi connectivity index (χ3n) is 6.27. The molecule has 5 rings (SSSR count). The van der Waals surface area contributed by atoms with Gasteiger partial charge in [0.2, 0.25) is 13.2 Å². The molecule has 0 radical (unpaired) electrons. The predicted molar refractivity (Wildman–Crippen MR) is 112 cm³/mol. The number of hydrogen-bond donors (Lipinski definition) is 0. The summed E-state index contributed by atoms with van der Waals surface area (Å²) < 4.78 is 16.6. The Hall–Kier alpha value is -2.64. The molecule has 3 atom stereocenters. The first-order valence-electron chi connectivity index (χ1n) is 9.75. The van der Waals surface area contributed by atoms with Gasteiger partial charge < -0.3 is 0 Å². The Labute approximate surface area is 165 Å². The SMILES string of the molecule is C[C@H]1C(=O)N(P(=O)(c2ccccc2)c2ccccc2)[C@@H]2c3ccccc3C[C@@H]21. The summed E-state index contributed by atoms with van der Waals surface area (Å²) in [6.45, 7) is 1.99. The summed E-state index contributed by atoms with van der Waals surface area (Å²) >= 11 is 0. The van der Waals surface area contributed by atoms with Crippen LogP contribution in [0, 0.1) is 11.8 Å². The molecule has 1 fully saturated rings. The highest BCUT2D eigenvalue weighted by molar-refractivity contribution is 7.77. The number of fused-ring (bicyclic) bond motifs is 3. The average Bonchev–Trinajstić information content (AvgIpc) is 3.24. The highest BCUT2D eigenvalue weighted by atomic mass is 31.2. The molecule has 1 aliphatic carbocycles. The maximum Gasteiger partial charge on any atom is 0.232 e. The lowest BCUT2D eigenvalue weighted by molar-refractivity contribution is -0.127. The van der Waals surface area contributed by atoms with Gasteiger partial charge in [-0.25, -0.2) is 0 Å². The van der Waals surface area contributed by atoms with E-state index >= 15 is 0 Å². The van der Waals surface area contributed by atoms with E-state index in [9.17, 15) is 9.36 Å². The van der Waals surface area contributed by atoms with E-state index in [-0.39, 0.29) is 23.8 Å². The van der Waals surface area contributed by atoms with Crippen molar-refractivity contribution in [1.29, 1.82) is 0 Å². The maximum absolute atomic E-state index is 14.8. The van der Waals surface area contributed by atoms with Gasteiger partial charge in [0.25, 0.3) is 0 Å². The first kappa shape index (κ1) is 17.5. The summed E-state index contributed by atoms with van der Waals surface area (Å²) in [6, 6.07) is 27.1. The van der Waals surface area contributed by atoms with Crippen molar-refractivity contribution in [2.75, 3.05) is 0 Å². The lowest BCUT2D eigenvalue weighted by Gasteiger charge is -2.34. The summed E-state index contributed by atoms with van der Waals surface area (Å²) in [5.74, 6) is 0.0318. The summed E-state index contributed by atoms with van der Waals surface area (Å²) in [7, 11) is -3.31. The summed E-state index contributed by atoms with van der Waals surface area (Å²) in [6.07, 6.45) is 0.869. The van der Waals surface area contributed by atoms with Gasteiger partial charge in [0.1, 0.15) is 0 Å². The zero-order chi connectivity index (χ0) is 19.3. The van der Waals surface area contributed by atoms with Gasteiger partial charge in [-0.15, -0.1) is 0 Å². The van der Waals surface area contributed by atoms with Crippen LogP contribution in [-0.2, 0) is 15.8 Å². The molecule has 28 heavy (non-hydrogen) atoms. The molecule has 1 aliphatic heterocycles. The first-order chi connectivity index (χ1) is 13.6. The first-order valence-corrected chi connectivity index (χ1v) is 11.4. The molecular weight excluding hydrogens is 365 g/mol. The Morgan fingerprint density at radius 3 is 1.96 bits per heavy atom. The van der Waals surface area contributed by atoms with Crippen molar-refractivity contribution in [3.05, 3.63) is 96.1 Å². The van der Waals surface area contributed by atoms with Crippen LogP contribution in [0.4, 0.5) is 0 Å². The average molecular weight is 387 g/mol. The van der Waals surface area contributed by atoms with Crippen molar-refractivity contribution < 1.29 is 9.36 Å². The number of benzene rings is 3. The zero-order valence-electron chi connectivity index (χ0n) is 15.7. The Bertz CT molecular complexity index is 1040. The van der Waals surface area contributed by atoms with E-state index in [0.717, 1.165) is 12.0 Å². The molecule has 0 unspecified atom stereocenters. The highest BCUT2D eigenvalue weighted by Crippen LogP contribution is 2.61. The van der Waals surface area contributed by atoms with Gasteiger partial charge in [0, 0.05) is 16.5 Å². The second kappa shape index (κ2) is 6.46. The Morgan fingerprint density at radius 1 is 0.821 bits per heavy atom. The fourth-order valence-electron chi connectivity index (χ4n) is 4.87. The van der Waals surface area contributed by atoms with Crippen LogP contribution in [0.1, 0.15) is 24.1 Å². The fourth-order valence-corrected chi connectivity index (χ4v) is 7.92. The zero-order valence-corrected chi connectivity index (χ0v) is 16.6. The summed E-state index contributed by atoms with van der Waals surface area (Å²) in [5, 5.41) is 1.43. The van der Waals surface area contributed by atoms with Crippen LogP contribution in [0.15, 0.2) is 84.9 Å². The van der Waals surface area contributed by atoms with Crippen LogP contribution in [0.3, 0.4) is 0 Å². The molecule has 2 aliphatic rings. The van der Waals surface area contributed by atoms with Gasteiger partial charge in [0.05, 0.1) is 6.04 Å². The minimum atomic E-state index is -3.31. The van der Waals surface area contributed by atoms with Crippen molar-refractivity contribution in [2.45, 2.75) is 19.4 Å². The largest absolute Gasteiger partial charge is 0.290 e. The third kappa shape index (κ3) is 2.36. The molecule has 0 N–H and O–H groups in total. The Morgan fingerprint density at radius 2 is 1.36 bits per heavy atom. The van der Waals surface area contributed by atoms with Crippen LogP contribution in [-0.4, -0.2) is 10.6 Å². The number of nitrogens with zero attached hydrogens (tertiary/aromatic N) is 1. The molecule has 1 heterocycles. The van der Waals surface area contributed by atoms with E-state index in [4.69, 9.17) is 0 Å². The topological polar surface area (TPSA) is 37.4 Å². The molecule has 3 nitrogen and oxygen atoms in total.